The lowest BCUT2D eigenvalue weighted by Crippen LogP contribution is -2.26. The summed E-state index contributed by atoms with van der Waals surface area (Å²) in [4.78, 5) is 17.2. The minimum Gasteiger partial charge on any atom is -0.391 e. The van der Waals surface area contributed by atoms with Gasteiger partial charge >= 0.3 is 0 Å². The molecule has 0 unspecified atom stereocenters. The first-order chi connectivity index (χ1) is 7.18. The number of primary amides is 1. The first kappa shape index (κ1) is 9.92. The number of pyridine rings is 1. The van der Waals surface area contributed by atoms with Crippen LogP contribution in [0.5, 0.6) is 0 Å². The lowest BCUT2D eigenvalue weighted by molar-refractivity contribution is 0.100. The first-order valence-electron chi connectivity index (χ1n) is 4.86. The van der Waals surface area contributed by atoms with Gasteiger partial charge in [-0.1, -0.05) is 0 Å². The van der Waals surface area contributed by atoms with Crippen molar-refractivity contribution in [3.63, 3.8) is 0 Å². The Morgan fingerprint density at radius 1 is 1.67 bits per heavy atom. The minimum atomic E-state index is -0.487. The van der Waals surface area contributed by atoms with Crippen LogP contribution in [0.1, 0.15) is 16.8 Å². The second-order valence-corrected chi connectivity index (χ2v) is 3.63. The number of nitrogens with two attached hydrogens (primary N) is 1. The van der Waals surface area contributed by atoms with E-state index in [1.807, 2.05) is 4.90 Å². The normalized spacial score (nSPS) is 20.6. The van der Waals surface area contributed by atoms with E-state index in [1.165, 1.54) is 0 Å². The van der Waals surface area contributed by atoms with Crippen molar-refractivity contribution < 1.29 is 9.90 Å². The van der Waals surface area contributed by atoms with Crippen molar-refractivity contribution in [1.29, 1.82) is 0 Å². The Morgan fingerprint density at radius 2 is 2.47 bits per heavy atom. The van der Waals surface area contributed by atoms with Crippen molar-refractivity contribution in [2.75, 3.05) is 18.0 Å². The number of aliphatic hydroxyl groups is 1. The molecule has 1 aromatic heterocycles. The van der Waals surface area contributed by atoms with Gasteiger partial charge in [-0.3, -0.25) is 4.79 Å². The molecule has 1 aromatic rings. The summed E-state index contributed by atoms with van der Waals surface area (Å²) in [5.74, 6) is 0.0843. The van der Waals surface area contributed by atoms with Crippen LogP contribution in [0.25, 0.3) is 0 Å². The van der Waals surface area contributed by atoms with E-state index in [2.05, 4.69) is 4.98 Å². The largest absolute Gasteiger partial charge is 0.391 e. The standard InChI is InChI=1S/C10H13N3O2/c11-9(15)8-2-1-4-12-10(8)13-5-3-7(14)6-13/h1-2,4,7,14H,3,5-6H2,(H2,11,15)/t7-/m1/s1. The number of aliphatic hydroxyl groups excluding tert-OH is 1. The molecule has 1 saturated heterocycles. The summed E-state index contributed by atoms with van der Waals surface area (Å²) in [6.45, 7) is 1.22. The third-order valence-corrected chi connectivity index (χ3v) is 2.52. The van der Waals surface area contributed by atoms with Crippen molar-refractivity contribution in [2.24, 2.45) is 5.73 Å². The maximum Gasteiger partial charge on any atom is 0.252 e. The van der Waals surface area contributed by atoms with E-state index in [0.29, 0.717) is 30.9 Å². The van der Waals surface area contributed by atoms with Crippen molar-refractivity contribution >= 4 is 11.7 Å². The minimum absolute atomic E-state index is 0.340. The topological polar surface area (TPSA) is 79.5 Å². The summed E-state index contributed by atoms with van der Waals surface area (Å²) < 4.78 is 0. The number of anilines is 1. The molecule has 2 heterocycles. The Hall–Kier alpha value is -1.62. The number of nitrogens with zero attached hydrogens (tertiary/aromatic N) is 2. The molecule has 1 fully saturated rings. The average molecular weight is 207 g/mol. The molecule has 0 spiro atoms. The predicted octanol–water partition coefficient (Wildman–Crippen LogP) is -0.248. The van der Waals surface area contributed by atoms with E-state index in [9.17, 15) is 9.90 Å². The number of carbonyl (C=O) groups is 1. The summed E-state index contributed by atoms with van der Waals surface area (Å²) in [6.07, 6.45) is 1.98. The SMILES string of the molecule is NC(=O)c1cccnc1N1CC[C@@H](O)C1. The van der Waals surface area contributed by atoms with Crippen LogP contribution in [0, 0.1) is 0 Å². The highest BCUT2D eigenvalue weighted by Crippen LogP contribution is 2.21. The quantitative estimate of drug-likeness (QED) is 0.701. The van der Waals surface area contributed by atoms with Crippen molar-refractivity contribution in [2.45, 2.75) is 12.5 Å². The number of aromatic nitrogens is 1. The van der Waals surface area contributed by atoms with E-state index < -0.39 is 5.91 Å². The van der Waals surface area contributed by atoms with Crippen LogP contribution in [0.4, 0.5) is 5.82 Å². The Bertz CT molecular complexity index is 381. The molecule has 1 aliphatic rings. The summed E-state index contributed by atoms with van der Waals surface area (Å²) in [6, 6.07) is 3.32. The van der Waals surface area contributed by atoms with Crippen molar-refractivity contribution in [3.05, 3.63) is 23.9 Å². The van der Waals surface area contributed by atoms with Crippen LogP contribution < -0.4 is 10.6 Å². The van der Waals surface area contributed by atoms with Gasteiger partial charge in [0.2, 0.25) is 0 Å². The summed E-state index contributed by atoms with van der Waals surface area (Å²) in [5, 5.41) is 9.40. The zero-order chi connectivity index (χ0) is 10.8. The predicted molar refractivity (Wildman–Crippen MR) is 55.6 cm³/mol. The van der Waals surface area contributed by atoms with Gasteiger partial charge in [0.15, 0.2) is 0 Å². The van der Waals surface area contributed by atoms with Crippen LogP contribution in [0.2, 0.25) is 0 Å². The van der Waals surface area contributed by atoms with E-state index in [0.717, 1.165) is 0 Å². The van der Waals surface area contributed by atoms with Crippen LogP contribution in [-0.2, 0) is 0 Å². The molecule has 1 amide bonds. The zero-order valence-corrected chi connectivity index (χ0v) is 8.26. The van der Waals surface area contributed by atoms with Gasteiger partial charge in [0.1, 0.15) is 5.82 Å². The lowest BCUT2D eigenvalue weighted by Gasteiger charge is -2.18. The maximum absolute atomic E-state index is 11.2. The number of rotatable bonds is 2. The molecular weight excluding hydrogens is 194 g/mol. The van der Waals surface area contributed by atoms with Gasteiger partial charge in [-0.15, -0.1) is 0 Å². The molecule has 5 heteroatoms. The highest BCUT2D eigenvalue weighted by molar-refractivity contribution is 5.97. The molecule has 0 saturated carbocycles. The van der Waals surface area contributed by atoms with Crippen LogP contribution in [-0.4, -0.2) is 35.2 Å². The molecule has 1 aliphatic heterocycles. The number of hydrogen-bond acceptors (Lipinski definition) is 4. The second kappa shape index (κ2) is 3.86. The molecule has 5 nitrogen and oxygen atoms in total. The fourth-order valence-corrected chi connectivity index (χ4v) is 1.78. The van der Waals surface area contributed by atoms with E-state index in [4.69, 9.17) is 5.73 Å². The highest BCUT2D eigenvalue weighted by Gasteiger charge is 2.24. The van der Waals surface area contributed by atoms with Crippen molar-refractivity contribution in [1.82, 2.24) is 4.98 Å². The first-order valence-corrected chi connectivity index (χ1v) is 4.86. The molecule has 0 aromatic carbocycles. The van der Waals surface area contributed by atoms with Gasteiger partial charge in [0, 0.05) is 19.3 Å². The fourth-order valence-electron chi connectivity index (χ4n) is 1.78. The van der Waals surface area contributed by atoms with Crippen LogP contribution in [0.15, 0.2) is 18.3 Å². The van der Waals surface area contributed by atoms with E-state index in [-0.39, 0.29) is 6.10 Å². The third kappa shape index (κ3) is 1.92. The Morgan fingerprint density at radius 3 is 3.07 bits per heavy atom. The Balaban J connectivity index is 2.31. The highest BCUT2D eigenvalue weighted by atomic mass is 16.3. The number of hydrogen-bond donors (Lipinski definition) is 2. The molecule has 1 atom stereocenters. The number of amides is 1. The summed E-state index contributed by atoms with van der Waals surface area (Å²) in [7, 11) is 0. The Labute approximate surface area is 87.5 Å². The van der Waals surface area contributed by atoms with E-state index in [1.54, 1.807) is 18.3 Å². The van der Waals surface area contributed by atoms with Gasteiger partial charge in [0.25, 0.3) is 5.91 Å². The third-order valence-electron chi connectivity index (χ3n) is 2.52. The molecular formula is C10H13N3O2. The molecule has 0 aliphatic carbocycles. The maximum atomic E-state index is 11.2. The molecule has 0 radical (unpaired) electrons. The molecule has 2 rings (SSSR count). The van der Waals surface area contributed by atoms with Gasteiger partial charge in [-0.2, -0.15) is 0 Å². The zero-order valence-electron chi connectivity index (χ0n) is 8.26. The number of β-amino-alcohol motifs (C(OH)–C–C–N with tert-alkyl or cyclic N) is 1. The molecule has 15 heavy (non-hydrogen) atoms. The average Bonchev–Trinajstić information content (AvgIpc) is 2.65. The number of carbonyl (C=O) groups excluding carboxylic acids is 1. The summed E-state index contributed by atoms with van der Waals surface area (Å²) in [5.41, 5.74) is 5.66. The summed E-state index contributed by atoms with van der Waals surface area (Å²) >= 11 is 0. The van der Waals surface area contributed by atoms with Gasteiger partial charge in [0.05, 0.1) is 11.7 Å². The van der Waals surface area contributed by atoms with Gasteiger partial charge < -0.3 is 15.7 Å². The van der Waals surface area contributed by atoms with Gasteiger partial charge in [-0.25, -0.2) is 4.98 Å². The lowest BCUT2D eigenvalue weighted by atomic mass is 10.2. The monoisotopic (exact) mass is 207 g/mol. The van der Waals surface area contributed by atoms with Gasteiger partial charge in [-0.05, 0) is 18.6 Å². The molecule has 80 valence electrons. The smallest absolute Gasteiger partial charge is 0.252 e. The second-order valence-electron chi connectivity index (χ2n) is 3.63. The molecule has 0 bridgehead atoms. The van der Waals surface area contributed by atoms with Crippen LogP contribution in [0.3, 0.4) is 0 Å². The molecule has 3 N–H and O–H groups in total. The van der Waals surface area contributed by atoms with E-state index >= 15 is 0 Å². The fraction of sp³-hybridized carbons (Fsp3) is 0.400. The van der Waals surface area contributed by atoms with Crippen LogP contribution >= 0.6 is 0 Å². The Kier molecular flexibility index (Phi) is 2.55. The van der Waals surface area contributed by atoms with Crippen molar-refractivity contribution in [3.8, 4) is 0 Å².